The lowest BCUT2D eigenvalue weighted by atomic mass is 10.4. The summed E-state index contributed by atoms with van der Waals surface area (Å²) >= 11 is 1.57. The van der Waals surface area contributed by atoms with Gasteiger partial charge in [0.1, 0.15) is 11.2 Å². The van der Waals surface area contributed by atoms with Gasteiger partial charge in [0, 0.05) is 24.3 Å². The van der Waals surface area contributed by atoms with Crippen LogP contribution < -0.4 is 4.90 Å². The number of nitrogens with zero attached hydrogens (tertiary/aromatic N) is 3. The monoisotopic (exact) mass is 303 g/mol. The van der Waals surface area contributed by atoms with Gasteiger partial charge in [-0.3, -0.25) is 0 Å². The van der Waals surface area contributed by atoms with Gasteiger partial charge in [-0.2, -0.15) is 11.8 Å². The Hall–Kier alpha value is -1.35. The summed E-state index contributed by atoms with van der Waals surface area (Å²) < 4.78 is 23.5. The van der Waals surface area contributed by atoms with Crippen molar-refractivity contribution in [2.45, 2.75) is 5.37 Å². The Morgan fingerprint density at radius 1 is 1.47 bits per heavy atom. The highest BCUT2D eigenvalue weighted by atomic mass is 32.2. The summed E-state index contributed by atoms with van der Waals surface area (Å²) in [7, 11) is -3.23. The Balaban J connectivity index is 2.30. The Morgan fingerprint density at radius 2 is 2.21 bits per heavy atom. The number of hydrogen-bond acceptors (Lipinski definition) is 7. The molecule has 1 saturated heterocycles. The molecule has 1 aromatic heterocycles. The molecule has 2 heterocycles. The molecule has 0 bridgehead atoms. The number of aromatic carboxylic acids is 1. The topological polar surface area (TPSA) is 100 Å². The first-order valence-electron chi connectivity index (χ1n) is 5.48. The first-order valence-corrected chi connectivity index (χ1v) is 8.59. The van der Waals surface area contributed by atoms with Crippen LogP contribution in [-0.2, 0) is 9.84 Å². The Labute approximate surface area is 115 Å². The second kappa shape index (κ2) is 5.33. The van der Waals surface area contributed by atoms with Gasteiger partial charge in [-0.25, -0.2) is 23.2 Å². The lowest BCUT2D eigenvalue weighted by Crippen LogP contribution is -2.47. The highest BCUT2D eigenvalue weighted by Gasteiger charge is 2.32. The van der Waals surface area contributed by atoms with Crippen LogP contribution in [0.4, 0.5) is 5.82 Å². The SMILES string of the molecule is CS(=O)(=O)C1CSCCN1c1cnc(C(=O)O)cn1. The highest BCUT2D eigenvalue weighted by molar-refractivity contribution is 8.01. The van der Waals surface area contributed by atoms with Crippen molar-refractivity contribution in [2.75, 3.05) is 29.2 Å². The molecule has 1 atom stereocenters. The number of carboxylic acids is 1. The van der Waals surface area contributed by atoms with E-state index in [-0.39, 0.29) is 5.69 Å². The van der Waals surface area contributed by atoms with Crippen molar-refractivity contribution in [1.82, 2.24) is 9.97 Å². The van der Waals surface area contributed by atoms with Crippen LogP contribution >= 0.6 is 11.8 Å². The van der Waals surface area contributed by atoms with Crippen LogP contribution in [0.5, 0.6) is 0 Å². The van der Waals surface area contributed by atoms with E-state index < -0.39 is 21.2 Å². The summed E-state index contributed by atoms with van der Waals surface area (Å²) in [5.41, 5.74) is -0.161. The third-order valence-corrected chi connectivity index (χ3v) is 5.37. The number of aromatic nitrogens is 2. The van der Waals surface area contributed by atoms with Gasteiger partial charge in [0.15, 0.2) is 15.5 Å². The van der Waals surface area contributed by atoms with Crippen molar-refractivity contribution in [2.24, 2.45) is 0 Å². The molecular formula is C10H13N3O4S2. The molecule has 1 fully saturated rings. The number of rotatable bonds is 3. The minimum atomic E-state index is -3.23. The zero-order chi connectivity index (χ0) is 14.0. The molecule has 1 aliphatic rings. The molecule has 1 N–H and O–H groups in total. The lowest BCUT2D eigenvalue weighted by molar-refractivity contribution is 0.0690. The quantitative estimate of drug-likeness (QED) is 0.839. The number of carbonyl (C=O) groups is 1. The normalized spacial score (nSPS) is 20.3. The van der Waals surface area contributed by atoms with Crippen molar-refractivity contribution < 1.29 is 18.3 Å². The van der Waals surface area contributed by atoms with E-state index in [1.807, 2.05) is 0 Å². The summed E-state index contributed by atoms with van der Waals surface area (Å²) in [4.78, 5) is 20.1. The standard InChI is InChI=1S/C10H13N3O4S2/c1-19(16,17)9-6-18-3-2-13(9)8-5-11-7(4-12-8)10(14)15/h4-5,9H,2-3,6H2,1H3,(H,14,15). The zero-order valence-electron chi connectivity index (χ0n) is 10.2. The van der Waals surface area contributed by atoms with E-state index in [2.05, 4.69) is 9.97 Å². The second-order valence-electron chi connectivity index (χ2n) is 4.12. The van der Waals surface area contributed by atoms with Gasteiger partial charge in [-0.05, 0) is 0 Å². The summed E-state index contributed by atoms with van der Waals surface area (Å²) in [6, 6.07) is 0. The average Bonchev–Trinajstić information content (AvgIpc) is 2.38. The van der Waals surface area contributed by atoms with Crippen LogP contribution in [-0.4, -0.2) is 59.1 Å². The van der Waals surface area contributed by atoms with Crippen molar-refractivity contribution in [3.63, 3.8) is 0 Å². The summed E-state index contributed by atoms with van der Waals surface area (Å²) in [6.45, 7) is 0.545. The van der Waals surface area contributed by atoms with Crippen LogP contribution in [0.25, 0.3) is 0 Å². The van der Waals surface area contributed by atoms with Crippen molar-refractivity contribution in [3.05, 3.63) is 18.1 Å². The van der Waals surface area contributed by atoms with E-state index in [1.165, 1.54) is 12.5 Å². The van der Waals surface area contributed by atoms with Gasteiger partial charge in [0.25, 0.3) is 0 Å². The molecule has 7 nitrogen and oxygen atoms in total. The van der Waals surface area contributed by atoms with Gasteiger partial charge >= 0.3 is 5.97 Å². The van der Waals surface area contributed by atoms with Crippen molar-refractivity contribution in [1.29, 1.82) is 0 Å². The molecule has 0 radical (unpaired) electrons. The Bertz CT molecular complexity index is 573. The smallest absolute Gasteiger partial charge is 0.356 e. The summed E-state index contributed by atoms with van der Waals surface area (Å²) in [5.74, 6) is 0.504. The van der Waals surface area contributed by atoms with Gasteiger partial charge in [0.2, 0.25) is 0 Å². The number of thioether (sulfide) groups is 1. The maximum absolute atomic E-state index is 11.7. The fraction of sp³-hybridized carbons (Fsp3) is 0.500. The summed E-state index contributed by atoms with van der Waals surface area (Å²) in [5, 5.41) is 8.11. The number of carboxylic acid groups (broad SMARTS) is 1. The number of hydrogen-bond donors (Lipinski definition) is 1. The van der Waals surface area contributed by atoms with E-state index in [9.17, 15) is 13.2 Å². The maximum Gasteiger partial charge on any atom is 0.356 e. The molecule has 0 amide bonds. The summed E-state index contributed by atoms with van der Waals surface area (Å²) in [6.07, 6.45) is 3.63. The van der Waals surface area contributed by atoms with E-state index in [0.717, 1.165) is 11.9 Å². The largest absolute Gasteiger partial charge is 0.476 e. The van der Waals surface area contributed by atoms with E-state index >= 15 is 0 Å². The lowest BCUT2D eigenvalue weighted by Gasteiger charge is -2.34. The molecular weight excluding hydrogens is 290 g/mol. The first-order chi connectivity index (χ1) is 8.89. The van der Waals surface area contributed by atoms with Crippen LogP contribution in [0.3, 0.4) is 0 Å². The molecule has 104 valence electrons. The maximum atomic E-state index is 11.7. The van der Waals surface area contributed by atoms with Gasteiger partial charge in [-0.1, -0.05) is 0 Å². The third kappa shape index (κ3) is 3.16. The van der Waals surface area contributed by atoms with Crippen LogP contribution in [0.1, 0.15) is 10.5 Å². The molecule has 0 saturated carbocycles. The van der Waals surface area contributed by atoms with E-state index in [4.69, 9.17) is 5.11 Å². The van der Waals surface area contributed by atoms with Crippen molar-refractivity contribution in [3.8, 4) is 0 Å². The Kier molecular flexibility index (Phi) is 3.95. The van der Waals surface area contributed by atoms with E-state index in [0.29, 0.717) is 18.1 Å². The van der Waals surface area contributed by atoms with Gasteiger partial charge in [-0.15, -0.1) is 0 Å². The molecule has 0 aromatic carbocycles. The van der Waals surface area contributed by atoms with Crippen LogP contribution in [0, 0.1) is 0 Å². The molecule has 19 heavy (non-hydrogen) atoms. The molecule has 1 aliphatic heterocycles. The molecule has 1 aromatic rings. The predicted octanol–water partition coefficient (Wildman–Crippen LogP) is 0.0987. The fourth-order valence-electron chi connectivity index (χ4n) is 1.78. The van der Waals surface area contributed by atoms with E-state index in [1.54, 1.807) is 16.7 Å². The molecule has 0 aliphatic carbocycles. The minimum absolute atomic E-state index is 0.161. The van der Waals surface area contributed by atoms with Crippen molar-refractivity contribution >= 4 is 33.4 Å². The number of anilines is 1. The predicted molar refractivity (Wildman–Crippen MR) is 72.3 cm³/mol. The third-order valence-electron chi connectivity index (χ3n) is 2.73. The minimum Gasteiger partial charge on any atom is -0.476 e. The van der Waals surface area contributed by atoms with Crippen LogP contribution in [0.15, 0.2) is 12.4 Å². The average molecular weight is 303 g/mol. The Morgan fingerprint density at radius 3 is 2.74 bits per heavy atom. The van der Waals surface area contributed by atoms with Gasteiger partial charge in [0.05, 0.1) is 12.4 Å². The fourth-order valence-corrected chi connectivity index (χ4v) is 4.60. The zero-order valence-corrected chi connectivity index (χ0v) is 11.8. The molecule has 2 rings (SSSR count). The van der Waals surface area contributed by atoms with Gasteiger partial charge < -0.3 is 10.0 Å². The van der Waals surface area contributed by atoms with Crippen LogP contribution in [0.2, 0.25) is 0 Å². The first kappa shape index (κ1) is 14.1. The second-order valence-corrected chi connectivity index (χ2v) is 7.47. The number of sulfone groups is 1. The molecule has 1 unspecified atom stereocenters. The molecule has 9 heteroatoms. The highest BCUT2D eigenvalue weighted by Crippen LogP contribution is 2.24. The molecule has 0 spiro atoms.